The highest BCUT2D eigenvalue weighted by Gasteiger charge is 2.21. The summed E-state index contributed by atoms with van der Waals surface area (Å²) in [5, 5.41) is 2.94. The predicted molar refractivity (Wildman–Crippen MR) is 94.2 cm³/mol. The zero-order valence-corrected chi connectivity index (χ0v) is 14.7. The number of amides is 1. The minimum Gasteiger partial charge on any atom is -0.449 e. The van der Waals surface area contributed by atoms with Crippen LogP contribution in [0.5, 0.6) is 0 Å². The quantitative estimate of drug-likeness (QED) is 0.791. The summed E-state index contributed by atoms with van der Waals surface area (Å²) in [6.07, 6.45) is -1.05. The Morgan fingerprint density at radius 3 is 2.52 bits per heavy atom. The van der Waals surface area contributed by atoms with Crippen molar-refractivity contribution in [2.24, 2.45) is 0 Å². The number of hydrogen-bond donors (Lipinski definition) is 1. The average Bonchev–Trinajstić information content (AvgIpc) is 2.61. The molecule has 2 aromatic carbocycles. The van der Waals surface area contributed by atoms with Crippen LogP contribution in [0.25, 0.3) is 0 Å². The van der Waals surface area contributed by atoms with Crippen LogP contribution in [0.4, 0.5) is 4.39 Å². The normalized spacial score (nSPS) is 13.0. The van der Waals surface area contributed by atoms with Crippen LogP contribution in [-0.4, -0.2) is 24.5 Å². The van der Waals surface area contributed by atoms with Crippen molar-refractivity contribution < 1.29 is 18.7 Å². The van der Waals surface area contributed by atoms with E-state index in [1.807, 2.05) is 37.3 Å². The van der Waals surface area contributed by atoms with Gasteiger partial charge in [0.2, 0.25) is 0 Å². The van der Waals surface area contributed by atoms with E-state index in [9.17, 15) is 14.0 Å². The molecule has 0 aromatic heterocycles. The lowest BCUT2D eigenvalue weighted by molar-refractivity contribution is -0.129. The summed E-state index contributed by atoms with van der Waals surface area (Å²) in [6.45, 7) is 3.81. The first-order chi connectivity index (χ1) is 11.9. The number of ether oxygens (including phenoxy) is 1. The Labute approximate surface area is 150 Å². The van der Waals surface area contributed by atoms with Crippen LogP contribution in [0.15, 0.2) is 48.5 Å². The SMILES string of the molecule is C[C@H](OC(=O)c1cc(Cl)ccc1F)C(=O)NC[C@@H](C)c1ccccc1. The van der Waals surface area contributed by atoms with Gasteiger partial charge in [0.05, 0.1) is 5.56 Å². The third-order valence-electron chi connectivity index (χ3n) is 3.75. The number of carbonyl (C=O) groups is 2. The molecule has 1 N–H and O–H groups in total. The summed E-state index contributed by atoms with van der Waals surface area (Å²) in [5.74, 6) is -2.02. The molecule has 2 rings (SSSR count). The molecule has 0 spiro atoms. The van der Waals surface area contributed by atoms with Gasteiger partial charge in [0.25, 0.3) is 5.91 Å². The Kier molecular flexibility index (Phi) is 6.53. The Morgan fingerprint density at radius 1 is 1.16 bits per heavy atom. The van der Waals surface area contributed by atoms with Crippen LogP contribution in [0.2, 0.25) is 5.02 Å². The van der Waals surface area contributed by atoms with Crippen LogP contribution in [0.1, 0.15) is 35.7 Å². The number of halogens is 2. The second-order valence-corrected chi connectivity index (χ2v) is 6.17. The van der Waals surface area contributed by atoms with Crippen LogP contribution in [0, 0.1) is 5.82 Å². The lowest BCUT2D eigenvalue weighted by Gasteiger charge is -2.17. The van der Waals surface area contributed by atoms with Gasteiger partial charge in [0.1, 0.15) is 5.82 Å². The number of hydrogen-bond acceptors (Lipinski definition) is 3. The molecule has 0 radical (unpaired) electrons. The van der Waals surface area contributed by atoms with E-state index < -0.39 is 23.8 Å². The van der Waals surface area contributed by atoms with Crippen LogP contribution < -0.4 is 5.32 Å². The van der Waals surface area contributed by atoms with Gasteiger partial charge in [0, 0.05) is 11.6 Å². The van der Waals surface area contributed by atoms with Crippen molar-refractivity contribution in [2.75, 3.05) is 6.54 Å². The van der Waals surface area contributed by atoms with Gasteiger partial charge in [-0.1, -0.05) is 48.9 Å². The van der Waals surface area contributed by atoms with E-state index in [-0.39, 0.29) is 16.5 Å². The fourth-order valence-corrected chi connectivity index (χ4v) is 2.40. The molecule has 25 heavy (non-hydrogen) atoms. The van der Waals surface area contributed by atoms with Crippen LogP contribution in [-0.2, 0) is 9.53 Å². The molecule has 0 aliphatic heterocycles. The van der Waals surface area contributed by atoms with Crippen molar-refractivity contribution in [3.63, 3.8) is 0 Å². The van der Waals surface area contributed by atoms with Crippen molar-refractivity contribution in [1.29, 1.82) is 0 Å². The molecule has 2 aromatic rings. The first-order valence-electron chi connectivity index (χ1n) is 7.87. The maximum Gasteiger partial charge on any atom is 0.341 e. The lowest BCUT2D eigenvalue weighted by atomic mass is 10.0. The molecule has 132 valence electrons. The smallest absolute Gasteiger partial charge is 0.341 e. The molecule has 2 atom stereocenters. The summed E-state index contributed by atoms with van der Waals surface area (Å²) in [4.78, 5) is 24.1. The number of carbonyl (C=O) groups excluding carboxylic acids is 2. The average molecular weight is 364 g/mol. The number of esters is 1. The van der Waals surface area contributed by atoms with Crippen molar-refractivity contribution in [3.05, 3.63) is 70.5 Å². The summed E-state index contributed by atoms with van der Waals surface area (Å²) in [5.41, 5.74) is 0.790. The second kappa shape index (κ2) is 8.62. The maximum absolute atomic E-state index is 13.7. The van der Waals surface area contributed by atoms with Gasteiger partial charge >= 0.3 is 5.97 Å². The van der Waals surface area contributed by atoms with Crippen LogP contribution >= 0.6 is 11.6 Å². The van der Waals surface area contributed by atoms with Gasteiger partial charge in [-0.2, -0.15) is 0 Å². The van der Waals surface area contributed by atoms with E-state index in [0.717, 1.165) is 11.6 Å². The second-order valence-electron chi connectivity index (χ2n) is 5.73. The van der Waals surface area contributed by atoms with Crippen molar-refractivity contribution in [3.8, 4) is 0 Å². The first kappa shape index (κ1) is 18.9. The molecule has 0 fully saturated rings. The summed E-state index contributed by atoms with van der Waals surface area (Å²) >= 11 is 5.75. The topological polar surface area (TPSA) is 55.4 Å². The zero-order chi connectivity index (χ0) is 18.4. The van der Waals surface area contributed by atoms with E-state index in [4.69, 9.17) is 16.3 Å². The molecule has 0 bridgehead atoms. The van der Waals surface area contributed by atoms with Crippen molar-refractivity contribution in [1.82, 2.24) is 5.32 Å². The molecular weight excluding hydrogens is 345 g/mol. The van der Waals surface area contributed by atoms with Crippen molar-refractivity contribution >= 4 is 23.5 Å². The minimum absolute atomic E-state index is 0.110. The van der Waals surface area contributed by atoms with Crippen molar-refractivity contribution in [2.45, 2.75) is 25.9 Å². The predicted octanol–water partition coefficient (Wildman–Crippen LogP) is 3.94. The third kappa shape index (κ3) is 5.29. The fraction of sp³-hybridized carbons (Fsp3) is 0.263. The zero-order valence-electron chi connectivity index (χ0n) is 14.0. The summed E-state index contributed by atoms with van der Waals surface area (Å²) in [7, 11) is 0. The van der Waals surface area contributed by atoms with E-state index in [0.29, 0.717) is 6.54 Å². The van der Waals surface area contributed by atoms with E-state index >= 15 is 0 Å². The van der Waals surface area contributed by atoms with Gasteiger partial charge in [-0.05, 0) is 36.6 Å². The summed E-state index contributed by atoms with van der Waals surface area (Å²) in [6, 6.07) is 13.3. The van der Waals surface area contributed by atoms with Gasteiger partial charge in [0.15, 0.2) is 6.10 Å². The standard InChI is InChI=1S/C19H19ClFNO3/c1-12(14-6-4-3-5-7-14)11-22-18(23)13(2)25-19(24)16-10-15(20)8-9-17(16)21/h3-10,12-13H,11H2,1-2H3,(H,22,23)/t12-,13+/m1/s1. The molecule has 6 heteroatoms. The third-order valence-corrected chi connectivity index (χ3v) is 3.99. The molecule has 4 nitrogen and oxygen atoms in total. The fourth-order valence-electron chi connectivity index (χ4n) is 2.23. The minimum atomic E-state index is -1.05. The Morgan fingerprint density at radius 2 is 1.84 bits per heavy atom. The first-order valence-corrected chi connectivity index (χ1v) is 8.25. The molecule has 0 unspecified atom stereocenters. The molecule has 0 aliphatic carbocycles. The maximum atomic E-state index is 13.7. The van der Waals surface area contributed by atoms with Gasteiger partial charge in [-0.25, -0.2) is 9.18 Å². The highest BCUT2D eigenvalue weighted by molar-refractivity contribution is 6.30. The van der Waals surface area contributed by atoms with Gasteiger partial charge < -0.3 is 10.1 Å². The lowest BCUT2D eigenvalue weighted by Crippen LogP contribution is -2.37. The Balaban J connectivity index is 1.89. The highest BCUT2D eigenvalue weighted by atomic mass is 35.5. The number of nitrogens with one attached hydrogen (secondary N) is 1. The Hall–Kier alpha value is -2.40. The molecule has 0 aliphatic rings. The van der Waals surface area contributed by atoms with Gasteiger partial charge in [-0.3, -0.25) is 4.79 Å². The molecule has 0 saturated carbocycles. The molecule has 1 amide bonds. The van der Waals surface area contributed by atoms with Crippen LogP contribution in [0.3, 0.4) is 0 Å². The number of rotatable bonds is 6. The van der Waals surface area contributed by atoms with E-state index in [2.05, 4.69) is 5.32 Å². The largest absolute Gasteiger partial charge is 0.449 e. The highest BCUT2D eigenvalue weighted by Crippen LogP contribution is 2.17. The number of benzene rings is 2. The van der Waals surface area contributed by atoms with E-state index in [1.165, 1.54) is 19.1 Å². The van der Waals surface area contributed by atoms with E-state index in [1.54, 1.807) is 0 Å². The monoisotopic (exact) mass is 363 g/mol. The summed E-state index contributed by atoms with van der Waals surface area (Å²) < 4.78 is 18.7. The Bertz CT molecular complexity index is 752. The molecule has 0 heterocycles. The molecule has 0 saturated heterocycles. The van der Waals surface area contributed by atoms with Gasteiger partial charge in [-0.15, -0.1) is 0 Å². The molecular formula is C19H19ClFNO3.